The van der Waals surface area contributed by atoms with E-state index in [-0.39, 0.29) is 11.1 Å². The first-order valence-electron chi connectivity index (χ1n) is 6.04. The number of nitrogens with zero attached hydrogens (tertiary/aromatic N) is 2. The fourth-order valence-electron chi connectivity index (χ4n) is 2.04. The van der Waals surface area contributed by atoms with Gasteiger partial charge in [-0.1, -0.05) is 12.1 Å². The van der Waals surface area contributed by atoms with Crippen molar-refractivity contribution in [3.8, 4) is 0 Å². The van der Waals surface area contributed by atoms with Gasteiger partial charge in [-0.05, 0) is 25.0 Å². The number of nitrogens with one attached hydrogen (secondary N) is 1. The summed E-state index contributed by atoms with van der Waals surface area (Å²) in [6, 6.07) is 5.06. The second-order valence-corrected chi connectivity index (χ2v) is 4.58. The Labute approximate surface area is 116 Å². The highest BCUT2D eigenvalue weighted by Crippen LogP contribution is 2.20. The van der Waals surface area contributed by atoms with E-state index < -0.39 is 11.9 Å². The molecule has 0 fully saturated rings. The number of hydrogen-bond donors (Lipinski definition) is 2. The number of aryl methyl sites for hydroxylation is 3. The molecule has 1 aromatic heterocycles. The maximum Gasteiger partial charge on any atom is 0.336 e. The number of anilines is 1. The molecule has 0 aliphatic carbocycles. The third-order valence-electron chi connectivity index (χ3n) is 3.02. The Morgan fingerprint density at radius 1 is 1.15 bits per heavy atom. The summed E-state index contributed by atoms with van der Waals surface area (Å²) in [4.78, 5) is 23.7. The topological polar surface area (TPSA) is 84.2 Å². The normalized spacial score (nSPS) is 10.3. The van der Waals surface area contributed by atoms with Gasteiger partial charge in [-0.25, -0.2) is 4.79 Å². The van der Waals surface area contributed by atoms with Crippen LogP contribution < -0.4 is 5.32 Å². The molecule has 0 atom stereocenters. The van der Waals surface area contributed by atoms with Crippen LogP contribution in [0.25, 0.3) is 0 Å². The number of benzene rings is 1. The van der Waals surface area contributed by atoms with Crippen molar-refractivity contribution in [2.24, 2.45) is 7.05 Å². The van der Waals surface area contributed by atoms with Crippen LogP contribution in [0.4, 0.5) is 5.82 Å². The van der Waals surface area contributed by atoms with Crippen LogP contribution in [-0.2, 0) is 7.05 Å². The lowest BCUT2D eigenvalue weighted by Crippen LogP contribution is -2.19. The molecule has 6 heteroatoms. The van der Waals surface area contributed by atoms with E-state index in [0.717, 1.165) is 0 Å². The average Bonchev–Trinajstić information content (AvgIpc) is 2.76. The molecule has 2 rings (SSSR count). The van der Waals surface area contributed by atoms with E-state index in [4.69, 9.17) is 0 Å². The van der Waals surface area contributed by atoms with Crippen LogP contribution in [0.1, 0.15) is 31.8 Å². The molecule has 2 aromatic rings. The Hall–Kier alpha value is -2.63. The molecule has 0 saturated heterocycles. The van der Waals surface area contributed by atoms with Gasteiger partial charge in [-0.2, -0.15) is 5.10 Å². The SMILES string of the molecule is Cc1ccc(C)c(C(=O)Nc2ccn(C)n2)c1C(=O)O. The second kappa shape index (κ2) is 5.16. The van der Waals surface area contributed by atoms with Crippen LogP contribution in [0.15, 0.2) is 24.4 Å². The van der Waals surface area contributed by atoms with E-state index in [1.54, 1.807) is 50.0 Å². The molecule has 0 aliphatic rings. The van der Waals surface area contributed by atoms with Gasteiger partial charge in [0.15, 0.2) is 5.82 Å². The van der Waals surface area contributed by atoms with Gasteiger partial charge < -0.3 is 10.4 Å². The number of carbonyl (C=O) groups excluding carboxylic acids is 1. The fourth-order valence-corrected chi connectivity index (χ4v) is 2.04. The second-order valence-electron chi connectivity index (χ2n) is 4.58. The molecule has 0 saturated carbocycles. The number of aromatic carboxylic acids is 1. The van der Waals surface area contributed by atoms with Crippen molar-refractivity contribution in [3.05, 3.63) is 46.6 Å². The molecule has 0 radical (unpaired) electrons. The summed E-state index contributed by atoms with van der Waals surface area (Å²) in [5.74, 6) is -1.20. The largest absolute Gasteiger partial charge is 0.478 e. The van der Waals surface area contributed by atoms with Crippen molar-refractivity contribution in [2.45, 2.75) is 13.8 Å². The molecule has 2 N–H and O–H groups in total. The summed E-state index contributed by atoms with van der Waals surface area (Å²) in [5.41, 5.74) is 1.36. The first kappa shape index (κ1) is 13.8. The zero-order valence-electron chi connectivity index (χ0n) is 11.5. The number of amides is 1. The van der Waals surface area contributed by atoms with Gasteiger partial charge in [-0.15, -0.1) is 0 Å². The van der Waals surface area contributed by atoms with Gasteiger partial charge in [0.2, 0.25) is 0 Å². The smallest absolute Gasteiger partial charge is 0.336 e. The highest BCUT2D eigenvalue weighted by Gasteiger charge is 2.21. The average molecular weight is 273 g/mol. The maximum absolute atomic E-state index is 12.3. The van der Waals surface area contributed by atoms with Crippen molar-refractivity contribution < 1.29 is 14.7 Å². The fraction of sp³-hybridized carbons (Fsp3) is 0.214. The maximum atomic E-state index is 12.3. The lowest BCUT2D eigenvalue weighted by molar-refractivity contribution is 0.0691. The molecule has 1 aromatic carbocycles. The molecule has 6 nitrogen and oxygen atoms in total. The van der Waals surface area contributed by atoms with E-state index in [2.05, 4.69) is 10.4 Å². The molecule has 0 spiro atoms. The number of rotatable bonds is 3. The minimum absolute atomic E-state index is 0.0263. The summed E-state index contributed by atoms with van der Waals surface area (Å²) in [6.07, 6.45) is 1.69. The van der Waals surface area contributed by atoms with Crippen LogP contribution in [0.5, 0.6) is 0 Å². The van der Waals surface area contributed by atoms with Crippen molar-refractivity contribution in [1.29, 1.82) is 0 Å². The first-order chi connectivity index (χ1) is 9.40. The molecular weight excluding hydrogens is 258 g/mol. The van der Waals surface area contributed by atoms with Gasteiger partial charge in [0.1, 0.15) is 0 Å². The number of carboxylic acids is 1. The molecule has 0 aliphatic heterocycles. The van der Waals surface area contributed by atoms with E-state index in [9.17, 15) is 14.7 Å². The summed E-state index contributed by atoms with van der Waals surface area (Å²) in [5, 5.41) is 15.9. The minimum Gasteiger partial charge on any atom is -0.478 e. The Morgan fingerprint density at radius 3 is 2.25 bits per heavy atom. The standard InChI is InChI=1S/C14H15N3O3/c1-8-4-5-9(2)12(14(19)20)11(8)13(18)15-10-6-7-17(3)16-10/h4-7H,1-3H3,(H,19,20)(H,15,16,18). The third-order valence-corrected chi connectivity index (χ3v) is 3.02. The van der Waals surface area contributed by atoms with Crippen LogP contribution in [-0.4, -0.2) is 26.8 Å². The van der Waals surface area contributed by atoms with Gasteiger partial charge in [0.05, 0.1) is 11.1 Å². The van der Waals surface area contributed by atoms with E-state index >= 15 is 0 Å². The zero-order chi connectivity index (χ0) is 14.9. The van der Waals surface area contributed by atoms with E-state index in [1.165, 1.54) is 0 Å². The van der Waals surface area contributed by atoms with Crippen LogP contribution in [0.2, 0.25) is 0 Å². The molecular formula is C14H15N3O3. The first-order valence-corrected chi connectivity index (χ1v) is 6.04. The van der Waals surface area contributed by atoms with Crippen LogP contribution in [0, 0.1) is 13.8 Å². The Bertz CT molecular complexity index is 689. The van der Waals surface area contributed by atoms with E-state index in [1.807, 2.05) is 0 Å². The van der Waals surface area contributed by atoms with Gasteiger partial charge >= 0.3 is 5.97 Å². The predicted molar refractivity (Wildman–Crippen MR) is 74.0 cm³/mol. The van der Waals surface area contributed by atoms with Gasteiger partial charge in [-0.3, -0.25) is 9.48 Å². The highest BCUT2D eigenvalue weighted by atomic mass is 16.4. The molecule has 1 amide bonds. The van der Waals surface area contributed by atoms with E-state index in [0.29, 0.717) is 16.9 Å². The monoisotopic (exact) mass is 273 g/mol. The Kier molecular flexibility index (Phi) is 3.56. The zero-order valence-corrected chi connectivity index (χ0v) is 11.5. The Balaban J connectivity index is 2.43. The molecule has 0 unspecified atom stereocenters. The number of aromatic nitrogens is 2. The molecule has 20 heavy (non-hydrogen) atoms. The highest BCUT2D eigenvalue weighted by molar-refractivity contribution is 6.11. The molecule has 104 valence electrons. The lowest BCUT2D eigenvalue weighted by Gasteiger charge is -2.11. The van der Waals surface area contributed by atoms with Crippen molar-refractivity contribution >= 4 is 17.7 Å². The molecule has 0 bridgehead atoms. The van der Waals surface area contributed by atoms with Crippen molar-refractivity contribution in [3.63, 3.8) is 0 Å². The summed E-state index contributed by atoms with van der Waals surface area (Å²) in [6.45, 7) is 3.37. The lowest BCUT2D eigenvalue weighted by atomic mass is 9.96. The summed E-state index contributed by atoms with van der Waals surface area (Å²) in [7, 11) is 1.73. The quantitative estimate of drug-likeness (QED) is 0.895. The van der Waals surface area contributed by atoms with Crippen molar-refractivity contribution in [2.75, 3.05) is 5.32 Å². The van der Waals surface area contributed by atoms with Crippen molar-refractivity contribution in [1.82, 2.24) is 9.78 Å². The number of hydrogen-bond acceptors (Lipinski definition) is 3. The van der Waals surface area contributed by atoms with Crippen LogP contribution in [0.3, 0.4) is 0 Å². The van der Waals surface area contributed by atoms with Gasteiger partial charge in [0.25, 0.3) is 5.91 Å². The van der Waals surface area contributed by atoms with Gasteiger partial charge in [0, 0.05) is 19.3 Å². The summed E-state index contributed by atoms with van der Waals surface area (Å²) >= 11 is 0. The summed E-state index contributed by atoms with van der Waals surface area (Å²) < 4.78 is 1.55. The minimum atomic E-state index is -1.11. The Morgan fingerprint density at radius 2 is 1.75 bits per heavy atom. The predicted octanol–water partition coefficient (Wildman–Crippen LogP) is 1.99. The third kappa shape index (κ3) is 2.54. The molecule has 1 heterocycles. The van der Waals surface area contributed by atoms with Crippen LogP contribution >= 0.6 is 0 Å². The number of carboxylic acid groups (broad SMARTS) is 1. The number of carbonyl (C=O) groups is 2.